The number of hydrogen-bond donors (Lipinski definition) is 2. The van der Waals surface area contributed by atoms with Crippen LogP contribution in [0.25, 0.3) is 0 Å². The van der Waals surface area contributed by atoms with Crippen LogP contribution < -0.4 is 0 Å². The number of hydrogen-bond acceptors (Lipinski definition) is 4. The Morgan fingerprint density at radius 1 is 0.867 bits per heavy atom. The number of aryl methyl sites for hydroxylation is 3. The van der Waals surface area contributed by atoms with E-state index < -0.39 is 11.4 Å². The van der Waals surface area contributed by atoms with E-state index in [0.29, 0.717) is 12.2 Å². The number of aliphatic hydroxyl groups is 1. The molecule has 0 aliphatic rings. The fraction of sp³-hybridized carbons (Fsp3) is 0.560. The summed E-state index contributed by atoms with van der Waals surface area (Å²) in [4.78, 5) is 11.2. The zero-order valence-corrected chi connectivity index (χ0v) is 19.0. The standard InChI is InChI=1S/C23H34O5.C2H4/c1-22(2,16-24)14-6-9-19-11-10-17(27-19)7-5-8-18-12-13-20(28-18)15-23(3,4)21(25)26;1-2/h10-13,24H,5-9,14-16H2,1-4H3,(H,25,26);1-2H2. The first-order chi connectivity index (χ1) is 14.1. The van der Waals surface area contributed by atoms with Crippen molar-refractivity contribution in [1.82, 2.24) is 0 Å². The average Bonchev–Trinajstić information content (AvgIpc) is 3.32. The van der Waals surface area contributed by atoms with Gasteiger partial charge in [0.1, 0.15) is 23.0 Å². The molecule has 0 bridgehead atoms. The number of aliphatic hydroxyl groups excluding tert-OH is 1. The molecule has 0 saturated heterocycles. The summed E-state index contributed by atoms with van der Waals surface area (Å²) in [6.07, 6.45) is 5.81. The number of aliphatic carboxylic acids is 1. The van der Waals surface area contributed by atoms with Gasteiger partial charge in [0.2, 0.25) is 0 Å². The third kappa shape index (κ3) is 8.62. The van der Waals surface area contributed by atoms with Crippen molar-refractivity contribution >= 4 is 5.97 Å². The molecule has 0 fully saturated rings. The fourth-order valence-electron chi connectivity index (χ4n) is 3.11. The molecule has 5 nitrogen and oxygen atoms in total. The van der Waals surface area contributed by atoms with Gasteiger partial charge >= 0.3 is 5.97 Å². The van der Waals surface area contributed by atoms with Gasteiger partial charge in [0.15, 0.2) is 0 Å². The predicted octanol–water partition coefficient (Wildman–Crippen LogP) is 5.84. The Balaban J connectivity index is 0.00000218. The molecule has 2 N–H and O–H groups in total. The van der Waals surface area contributed by atoms with E-state index in [1.54, 1.807) is 13.8 Å². The second-order valence-electron chi connectivity index (χ2n) is 9.13. The second-order valence-corrected chi connectivity index (χ2v) is 9.13. The van der Waals surface area contributed by atoms with Crippen molar-refractivity contribution in [3.05, 3.63) is 60.5 Å². The van der Waals surface area contributed by atoms with Crippen molar-refractivity contribution in [2.75, 3.05) is 6.61 Å². The summed E-state index contributed by atoms with van der Waals surface area (Å²) in [7, 11) is 0. The number of carboxylic acids is 1. The van der Waals surface area contributed by atoms with Crippen molar-refractivity contribution < 1.29 is 23.8 Å². The van der Waals surface area contributed by atoms with Crippen molar-refractivity contribution in [1.29, 1.82) is 0 Å². The van der Waals surface area contributed by atoms with Gasteiger partial charge < -0.3 is 19.0 Å². The Kier molecular flexibility index (Phi) is 10.1. The summed E-state index contributed by atoms with van der Waals surface area (Å²) in [5.74, 6) is 2.76. The van der Waals surface area contributed by atoms with Crippen LogP contribution in [0.2, 0.25) is 0 Å². The average molecular weight is 419 g/mol. The van der Waals surface area contributed by atoms with Gasteiger partial charge in [-0.2, -0.15) is 0 Å². The van der Waals surface area contributed by atoms with E-state index in [1.807, 2.05) is 24.3 Å². The molecule has 0 aromatic carbocycles. The molecule has 30 heavy (non-hydrogen) atoms. The molecule has 0 radical (unpaired) electrons. The smallest absolute Gasteiger partial charge is 0.309 e. The summed E-state index contributed by atoms with van der Waals surface area (Å²) in [6.45, 7) is 13.8. The summed E-state index contributed by atoms with van der Waals surface area (Å²) < 4.78 is 11.7. The Labute approximate surface area is 180 Å². The highest BCUT2D eigenvalue weighted by molar-refractivity contribution is 5.73. The monoisotopic (exact) mass is 418 g/mol. The molecular weight excluding hydrogens is 380 g/mol. The molecular formula is C25H38O5. The van der Waals surface area contributed by atoms with E-state index in [4.69, 9.17) is 8.83 Å². The van der Waals surface area contributed by atoms with E-state index in [0.717, 1.165) is 55.8 Å². The maximum atomic E-state index is 11.2. The number of furan rings is 2. The highest BCUT2D eigenvalue weighted by Gasteiger charge is 2.28. The normalized spacial score (nSPS) is 11.8. The van der Waals surface area contributed by atoms with Crippen LogP contribution in [0.1, 0.15) is 70.0 Å². The van der Waals surface area contributed by atoms with E-state index in [9.17, 15) is 15.0 Å². The molecule has 0 saturated carbocycles. The zero-order chi connectivity index (χ0) is 22.8. The molecule has 5 heteroatoms. The summed E-state index contributed by atoms with van der Waals surface area (Å²) in [5, 5.41) is 18.5. The Morgan fingerprint density at radius 3 is 1.77 bits per heavy atom. The zero-order valence-electron chi connectivity index (χ0n) is 19.0. The van der Waals surface area contributed by atoms with E-state index in [-0.39, 0.29) is 12.0 Å². The summed E-state index contributed by atoms with van der Waals surface area (Å²) in [5.41, 5.74) is -0.858. The predicted molar refractivity (Wildman–Crippen MR) is 120 cm³/mol. The van der Waals surface area contributed by atoms with Crippen LogP contribution in [-0.2, 0) is 30.5 Å². The van der Waals surface area contributed by atoms with Crippen molar-refractivity contribution in [3.8, 4) is 0 Å². The second kappa shape index (κ2) is 11.8. The lowest BCUT2D eigenvalue weighted by Gasteiger charge is -2.20. The summed E-state index contributed by atoms with van der Waals surface area (Å²) in [6, 6.07) is 7.89. The van der Waals surface area contributed by atoms with Crippen molar-refractivity contribution in [2.45, 2.75) is 72.6 Å². The van der Waals surface area contributed by atoms with Crippen LogP contribution in [-0.4, -0.2) is 22.8 Å². The molecule has 0 amide bonds. The minimum atomic E-state index is -0.827. The van der Waals surface area contributed by atoms with Crippen LogP contribution in [0.4, 0.5) is 0 Å². The first-order valence-corrected chi connectivity index (χ1v) is 10.6. The maximum absolute atomic E-state index is 11.2. The lowest BCUT2D eigenvalue weighted by molar-refractivity contribution is -0.147. The molecule has 0 spiro atoms. The SMILES string of the molecule is C=C.CC(C)(CO)CCCc1ccc(CCCc2ccc(CC(C)(C)C(=O)O)o2)o1. The van der Waals surface area contributed by atoms with Gasteiger partial charge in [-0.15, -0.1) is 13.2 Å². The largest absolute Gasteiger partial charge is 0.481 e. The minimum absolute atomic E-state index is 0.0308. The van der Waals surface area contributed by atoms with Crippen LogP contribution in [0.5, 0.6) is 0 Å². The van der Waals surface area contributed by atoms with Gasteiger partial charge in [-0.05, 0) is 62.8 Å². The fourth-order valence-corrected chi connectivity index (χ4v) is 3.11. The quantitative estimate of drug-likeness (QED) is 0.423. The lowest BCUT2D eigenvalue weighted by Crippen LogP contribution is -2.25. The van der Waals surface area contributed by atoms with Gasteiger partial charge in [0.05, 0.1) is 5.41 Å². The van der Waals surface area contributed by atoms with Crippen LogP contribution >= 0.6 is 0 Å². The number of rotatable bonds is 12. The van der Waals surface area contributed by atoms with Gasteiger partial charge in [0.25, 0.3) is 0 Å². The lowest BCUT2D eigenvalue weighted by atomic mass is 9.88. The van der Waals surface area contributed by atoms with E-state index in [1.165, 1.54) is 0 Å². The van der Waals surface area contributed by atoms with E-state index >= 15 is 0 Å². The van der Waals surface area contributed by atoms with Crippen LogP contribution in [0, 0.1) is 10.8 Å². The van der Waals surface area contributed by atoms with Gasteiger partial charge in [-0.1, -0.05) is 13.8 Å². The molecule has 2 aromatic rings. The number of carboxylic acid groups (broad SMARTS) is 1. The van der Waals surface area contributed by atoms with Crippen LogP contribution in [0.15, 0.2) is 46.3 Å². The molecule has 0 unspecified atom stereocenters. The van der Waals surface area contributed by atoms with Crippen molar-refractivity contribution in [2.24, 2.45) is 10.8 Å². The van der Waals surface area contributed by atoms with Gasteiger partial charge in [-0.25, -0.2) is 0 Å². The van der Waals surface area contributed by atoms with E-state index in [2.05, 4.69) is 27.0 Å². The molecule has 0 aliphatic heterocycles. The molecule has 0 aliphatic carbocycles. The van der Waals surface area contributed by atoms with Crippen LogP contribution in [0.3, 0.4) is 0 Å². The molecule has 2 aromatic heterocycles. The van der Waals surface area contributed by atoms with Gasteiger partial charge in [0, 0.05) is 32.3 Å². The topological polar surface area (TPSA) is 83.8 Å². The Morgan fingerprint density at radius 2 is 1.30 bits per heavy atom. The Hall–Kier alpha value is -2.27. The highest BCUT2D eigenvalue weighted by Crippen LogP contribution is 2.25. The van der Waals surface area contributed by atoms with Gasteiger partial charge in [-0.3, -0.25) is 4.79 Å². The third-order valence-corrected chi connectivity index (χ3v) is 5.18. The molecule has 168 valence electrons. The maximum Gasteiger partial charge on any atom is 0.309 e. The Bertz CT molecular complexity index is 766. The third-order valence-electron chi connectivity index (χ3n) is 5.18. The first-order valence-electron chi connectivity index (χ1n) is 10.6. The molecule has 2 rings (SSSR count). The molecule has 0 atom stereocenters. The minimum Gasteiger partial charge on any atom is -0.481 e. The van der Waals surface area contributed by atoms with Crippen molar-refractivity contribution in [3.63, 3.8) is 0 Å². The molecule has 2 heterocycles. The summed E-state index contributed by atoms with van der Waals surface area (Å²) >= 11 is 0. The number of carbonyl (C=O) groups is 1. The first kappa shape index (κ1) is 25.8. The highest BCUT2D eigenvalue weighted by atomic mass is 16.4.